The van der Waals surface area contributed by atoms with Gasteiger partial charge >= 0.3 is 0 Å². The third-order valence-electron chi connectivity index (χ3n) is 3.30. The van der Waals surface area contributed by atoms with E-state index in [9.17, 15) is 0 Å². The van der Waals surface area contributed by atoms with Crippen LogP contribution in [0.4, 0.5) is 0 Å². The van der Waals surface area contributed by atoms with Crippen LogP contribution >= 0.6 is 0 Å². The van der Waals surface area contributed by atoms with Gasteiger partial charge in [-0.1, -0.05) is 11.2 Å². The highest BCUT2D eigenvalue weighted by atomic mass is 16.5. The first-order valence-corrected chi connectivity index (χ1v) is 6.51. The number of ether oxygens (including phenoxy) is 1. The molecule has 0 amide bonds. The lowest BCUT2D eigenvalue weighted by Crippen LogP contribution is -1.99. The fraction of sp³-hybridized carbons (Fsp3) is 0.267. The highest BCUT2D eigenvalue weighted by Crippen LogP contribution is 2.19. The van der Waals surface area contributed by atoms with E-state index in [0.717, 1.165) is 17.0 Å². The predicted octanol–water partition coefficient (Wildman–Crippen LogP) is 2.28. The minimum absolute atomic E-state index is 0.444. The summed E-state index contributed by atoms with van der Waals surface area (Å²) >= 11 is 0. The summed E-state index contributed by atoms with van der Waals surface area (Å²) < 4.78 is 12.4. The van der Waals surface area contributed by atoms with Gasteiger partial charge in [-0.15, -0.1) is 0 Å². The highest BCUT2D eigenvalue weighted by molar-refractivity contribution is 5.81. The van der Waals surface area contributed by atoms with Crippen molar-refractivity contribution in [1.82, 2.24) is 9.72 Å². The van der Waals surface area contributed by atoms with Gasteiger partial charge in [0.05, 0.1) is 6.54 Å². The summed E-state index contributed by atoms with van der Waals surface area (Å²) in [5.41, 5.74) is 8.85. The molecule has 3 aromatic rings. The molecule has 0 aliphatic rings. The third-order valence-corrected chi connectivity index (χ3v) is 3.30. The van der Waals surface area contributed by atoms with Gasteiger partial charge in [-0.3, -0.25) is 0 Å². The van der Waals surface area contributed by atoms with Crippen molar-refractivity contribution in [3.8, 4) is 0 Å². The molecule has 1 aromatic carbocycles. The van der Waals surface area contributed by atoms with Gasteiger partial charge in [0.25, 0.3) is 0 Å². The normalized spacial score (nSPS) is 11.3. The molecule has 2 heterocycles. The standard InChI is InChI=1S/C15H17N3O2/c1-19-10-14-7-13(17-20-14)9-18-5-4-12-6-11(8-16)2-3-15(12)18/h2-7H,8-10,16H2,1H3. The first-order valence-electron chi connectivity index (χ1n) is 6.51. The van der Waals surface area contributed by atoms with Crippen LogP contribution in [-0.4, -0.2) is 16.8 Å². The van der Waals surface area contributed by atoms with Gasteiger partial charge in [-0.05, 0) is 29.1 Å². The number of benzene rings is 1. The first kappa shape index (κ1) is 12.9. The number of methoxy groups -OCH3 is 1. The van der Waals surface area contributed by atoms with Gasteiger partial charge in [0.1, 0.15) is 12.3 Å². The molecule has 0 radical (unpaired) electrons. The van der Waals surface area contributed by atoms with Crippen molar-refractivity contribution in [3.05, 3.63) is 53.5 Å². The van der Waals surface area contributed by atoms with Crippen LogP contribution in [0.5, 0.6) is 0 Å². The molecule has 0 saturated carbocycles. The molecular formula is C15H17N3O2. The molecule has 2 N–H and O–H groups in total. The maximum atomic E-state index is 5.66. The Bertz CT molecular complexity index is 715. The Balaban J connectivity index is 1.86. The van der Waals surface area contributed by atoms with E-state index in [1.165, 1.54) is 10.9 Å². The molecule has 3 rings (SSSR count). The van der Waals surface area contributed by atoms with Gasteiger partial charge in [0.15, 0.2) is 5.76 Å². The first-order chi connectivity index (χ1) is 9.80. The summed E-state index contributed by atoms with van der Waals surface area (Å²) in [6.07, 6.45) is 2.05. The summed E-state index contributed by atoms with van der Waals surface area (Å²) in [6.45, 7) is 1.68. The lowest BCUT2D eigenvalue weighted by molar-refractivity contribution is 0.155. The molecule has 104 valence electrons. The maximum absolute atomic E-state index is 5.66. The Labute approximate surface area is 116 Å². The predicted molar refractivity (Wildman–Crippen MR) is 76.1 cm³/mol. The smallest absolute Gasteiger partial charge is 0.162 e. The van der Waals surface area contributed by atoms with Gasteiger partial charge in [0.2, 0.25) is 0 Å². The van der Waals surface area contributed by atoms with E-state index in [2.05, 4.69) is 40.2 Å². The number of nitrogens with two attached hydrogens (primary N) is 1. The van der Waals surface area contributed by atoms with Crippen molar-refractivity contribution in [3.63, 3.8) is 0 Å². The van der Waals surface area contributed by atoms with Gasteiger partial charge in [0, 0.05) is 31.4 Å². The summed E-state index contributed by atoms with van der Waals surface area (Å²) in [5, 5.41) is 5.24. The zero-order valence-corrected chi connectivity index (χ0v) is 11.4. The molecular weight excluding hydrogens is 254 g/mol. The number of rotatable bonds is 5. The molecule has 0 aliphatic carbocycles. The molecule has 5 nitrogen and oxygen atoms in total. The molecule has 0 atom stereocenters. The van der Waals surface area contributed by atoms with Crippen molar-refractivity contribution in [2.75, 3.05) is 7.11 Å². The highest BCUT2D eigenvalue weighted by Gasteiger charge is 2.07. The Morgan fingerprint density at radius 3 is 3.00 bits per heavy atom. The molecule has 0 saturated heterocycles. The third kappa shape index (κ3) is 2.45. The summed E-state index contributed by atoms with van der Waals surface area (Å²) in [5.74, 6) is 0.740. The molecule has 0 aliphatic heterocycles. The van der Waals surface area contributed by atoms with Crippen LogP contribution < -0.4 is 5.73 Å². The van der Waals surface area contributed by atoms with E-state index in [1.54, 1.807) is 7.11 Å². The largest absolute Gasteiger partial charge is 0.377 e. The van der Waals surface area contributed by atoms with E-state index in [1.807, 2.05) is 6.07 Å². The zero-order valence-electron chi connectivity index (χ0n) is 11.4. The molecule has 5 heteroatoms. The second kappa shape index (κ2) is 5.48. The van der Waals surface area contributed by atoms with Crippen LogP contribution in [0.25, 0.3) is 10.9 Å². The molecule has 20 heavy (non-hydrogen) atoms. The average Bonchev–Trinajstić information content (AvgIpc) is 3.07. The second-order valence-electron chi connectivity index (χ2n) is 4.76. The summed E-state index contributed by atoms with van der Waals surface area (Å²) in [7, 11) is 1.64. The van der Waals surface area contributed by atoms with Gasteiger partial charge in [-0.25, -0.2) is 0 Å². The molecule has 0 fully saturated rings. The Morgan fingerprint density at radius 1 is 1.30 bits per heavy atom. The lowest BCUT2D eigenvalue weighted by atomic mass is 10.1. The number of nitrogens with zero attached hydrogens (tertiary/aromatic N) is 2. The van der Waals surface area contributed by atoms with E-state index >= 15 is 0 Å². The number of hydrogen-bond donors (Lipinski definition) is 1. The molecule has 0 spiro atoms. The van der Waals surface area contributed by atoms with Gasteiger partial charge in [-0.2, -0.15) is 0 Å². The Morgan fingerprint density at radius 2 is 2.20 bits per heavy atom. The van der Waals surface area contributed by atoms with Crippen LogP contribution in [0.1, 0.15) is 17.0 Å². The van der Waals surface area contributed by atoms with Crippen molar-refractivity contribution >= 4 is 10.9 Å². The van der Waals surface area contributed by atoms with Crippen LogP contribution in [0.2, 0.25) is 0 Å². The van der Waals surface area contributed by atoms with Crippen molar-refractivity contribution in [1.29, 1.82) is 0 Å². The van der Waals surface area contributed by atoms with Gasteiger partial charge < -0.3 is 19.6 Å². The molecule has 0 unspecified atom stereocenters. The van der Waals surface area contributed by atoms with E-state index < -0.39 is 0 Å². The SMILES string of the molecule is COCc1cc(Cn2ccc3cc(CN)ccc32)no1. The van der Waals surface area contributed by atoms with Crippen LogP contribution in [0.3, 0.4) is 0 Å². The number of aromatic nitrogens is 2. The van der Waals surface area contributed by atoms with E-state index in [4.69, 9.17) is 15.0 Å². The number of fused-ring (bicyclic) bond motifs is 1. The van der Waals surface area contributed by atoms with Crippen molar-refractivity contribution in [2.45, 2.75) is 19.7 Å². The van der Waals surface area contributed by atoms with Crippen LogP contribution in [0.15, 0.2) is 41.1 Å². The quantitative estimate of drug-likeness (QED) is 0.773. The number of hydrogen-bond acceptors (Lipinski definition) is 4. The second-order valence-corrected chi connectivity index (χ2v) is 4.76. The minimum Gasteiger partial charge on any atom is -0.377 e. The average molecular weight is 271 g/mol. The summed E-state index contributed by atoms with van der Waals surface area (Å²) in [4.78, 5) is 0. The Hall–Kier alpha value is -2.11. The Kier molecular flexibility index (Phi) is 3.54. The van der Waals surface area contributed by atoms with E-state index in [0.29, 0.717) is 19.7 Å². The van der Waals surface area contributed by atoms with Crippen LogP contribution in [-0.2, 0) is 24.4 Å². The van der Waals surface area contributed by atoms with E-state index in [-0.39, 0.29) is 0 Å². The fourth-order valence-corrected chi connectivity index (χ4v) is 2.33. The van der Waals surface area contributed by atoms with Crippen LogP contribution in [0, 0.1) is 0 Å². The summed E-state index contributed by atoms with van der Waals surface area (Å²) in [6, 6.07) is 10.3. The minimum atomic E-state index is 0.444. The fourth-order valence-electron chi connectivity index (χ4n) is 2.33. The monoisotopic (exact) mass is 271 g/mol. The topological polar surface area (TPSA) is 66.2 Å². The molecule has 0 bridgehead atoms. The van der Waals surface area contributed by atoms with Crippen molar-refractivity contribution in [2.24, 2.45) is 5.73 Å². The lowest BCUT2D eigenvalue weighted by Gasteiger charge is -2.03. The molecule has 2 aromatic heterocycles. The zero-order chi connectivity index (χ0) is 13.9. The van der Waals surface area contributed by atoms with Crippen molar-refractivity contribution < 1.29 is 9.26 Å². The maximum Gasteiger partial charge on any atom is 0.162 e.